The van der Waals surface area contributed by atoms with Crippen molar-refractivity contribution < 1.29 is 9.53 Å². The molecule has 2 heterocycles. The number of hydrogen-bond donors (Lipinski definition) is 1. The van der Waals surface area contributed by atoms with Crippen LogP contribution in [0.25, 0.3) is 0 Å². The number of rotatable bonds is 6. The van der Waals surface area contributed by atoms with Gasteiger partial charge in [0.2, 0.25) is 5.95 Å². The van der Waals surface area contributed by atoms with Gasteiger partial charge in [0.1, 0.15) is 5.75 Å². The van der Waals surface area contributed by atoms with Gasteiger partial charge >= 0.3 is 0 Å². The molecule has 0 atom stereocenters. The maximum Gasteiger partial charge on any atom is 0.262 e. The van der Waals surface area contributed by atoms with E-state index in [0.717, 1.165) is 26.2 Å². The molecule has 7 nitrogen and oxygen atoms in total. The zero-order valence-corrected chi connectivity index (χ0v) is 18.2. The Kier molecular flexibility index (Phi) is 6.74. The van der Waals surface area contributed by atoms with Crippen molar-refractivity contribution in [3.8, 4) is 5.75 Å². The molecule has 160 valence electrons. The third kappa shape index (κ3) is 5.57. The molecule has 1 aliphatic heterocycles. The van der Waals surface area contributed by atoms with Crippen LogP contribution in [-0.4, -0.2) is 48.7 Å². The highest BCUT2D eigenvalue weighted by Gasteiger charge is 2.19. The molecule has 1 N–H and O–H groups in total. The molecule has 1 saturated heterocycles. The number of anilines is 3. The van der Waals surface area contributed by atoms with Crippen molar-refractivity contribution in [1.82, 2.24) is 9.97 Å². The topological polar surface area (TPSA) is 70.6 Å². The number of carbonyl (C=O) groups is 1. The molecule has 1 amide bonds. The van der Waals surface area contributed by atoms with Crippen LogP contribution in [0.15, 0.2) is 60.9 Å². The lowest BCUT2D eigenvalue weighted by molar-refractivity contribution is -0.118. The lowest BCUT2D eigenvalue weighted by atomic mass is 10.2. The Hall–Kier alpha value is -3.03. The number of piperazine rings is 1. The zero-order valence-electron chi connectivity index (χ0n) is 16.7. The number of hydrogen-bond acceptors (Lipinski definition) is 6. The predicted octanol–water partition coefficient (Wildman–Crippen LogP) is 4.13. The highest BCUT2D eigenvalue weighted by molar-refractivity contribution is 6.35. The van der Waals surface area contributed by atoms with Gasteiger partial charge in [0.15, 0.2) is 6.61 Å². The lowest BCUT2D eigenvalue weighted by Gasteiger charge is -2.36. The lowest BCUT2D eigenvalue weighted by Crippen LogP contribution is -2.47. The van der Waals surface area contributed by atoms with Crippen LogP contribution in [0.5, 0.6) is 5.75 Å². The summed E-state index contributed by atoms with van der Waals surface area (Å²) in [7, 11) is 0. The second-order valence-electron chi connectivity index (χ2n) is 6.99. The van der Waals surface area contributed by atoms with Crippen LogP contribution in [0.3, 0.4) is 0 Å². The quantitative estimate of drug-likeness (QED) is 0.599. The summed E-state index contributed by atoms with van der Waals surface area (Å²) in [5, 5.41) is 3.56. The number of benzene rings is 2. The number of nitrogens with zero attached hydrogens (tertiary/aromatic N) is 4. The van der Waals surface area contributed by atoms with E-state index in [9.17, 15) is 4.79 Å². The van der Waals surface area contributed by atoms with E-state index in [2.05, 4.69) is 37.2 Å². The van der Waals surface area contributed by atoms with E-state index in [1.54, 1.807) is 30.6 Å². The van der Waals surface area contributed by atoms with Gasteiger partial charge in [0.05, 0.1) is 23.1 Å². The van der Waals surface area contributed by atoms with Gasteiger partial charge in [-0.1, -0.05) is 41.4 Å². The average Bonchev–Trinajstić information content (AvgIpc) is 2.80. The zero-order chi connectivity index (χ0) is 21.6. The first kappa shape index (κ1) is 21.2. The van der Waals surface area contributed by atoms with Gasteiger partial charge < -0.3 is 19.9 Å². The molecule has 4 rings (SSSR count). The summed E-state index contributed by atoms with van der Waals surface area (Å²) in [5.41, 5.74) is 1.73. The van der Waals surface area contributed by atoms with Gasteiger partial charge in [-0.15, -0.1) is 0 Å². The van der Waals surface area contributed by atoms with Gasteiger partial charge in [-0.05, 0) is 30.3 Å². The Morgan fingerprint density at radius 1 is 0.968 bits per heavy atom. The van der Waals surface area contributed by atoms with Crippen LogP contribution >= 0.6 is 23.2 Å². The SMILES string of the molecule is O=C(COc1ccc(Cl)cc1Cl)Nc1cnc(N2CCN(c3ccccc3)CC2)nc1. The first-order chi connectivity index (χ1) is 15.1. The van der Waals surface area contributed by atoms with E-state index >= 15 is 0 Å². The molecule has 0 saturated carbocycles. The minimum Gasteiger partial charge on any atom is -0.482 e. The fourth-order valence-corrected chi connectivity index (χ4v) is 3.75. The molecule has 9 heteroatoms. The van der Waals surface area contributed by atoms with Gasteiger partial charge in [0, 0.05) is 36.9 Å². The maximum absolute atomic E-state index is 12.1. The Labute approximate surface area is 190 Å². The fraction of sp³-hybridized carbons (Fsp3) is 0.227. The molecule has 3 aromatic rings. The summed E-state index contributed by atoms with van der Waals surface area (Å²) in [4.78, 5) is 25.4. The Morgan fingerprint density at radius 3 is 2.32 bits per heavy atom. The largest absolute Gasteiger partial charge is 0.482 e. The van der Waals surface area contributed by atoms with Crippen molar-refractivity contribution in [2.24, 2.45) is 0 Å². The summed E-state index contributed by atoms with van der Waals surface area (Å²) in [6, 6.07) is 15.2. The van der Waals surface area contributed by atoms with Crippen LogP contribution in [0.1, 0.15) is 0 Å². The molecule has 0 aliphatic carbocycles. The number of para-hydroxylation sites is 1. The Morgan fingerprint density at radius 2 is 1.65 bits per heavy atom. The smallest absolute Gasteiger partial charge is 0.262 e. The molecule has 0 unspecified atom stereocenters. The van der Waals surface area contributed by atoms with Crippen LogP contribution < -0.4 is 19.9 Å². The van der Waals surface area contributed by atoms with Crippen molar-refractivity contribution in [3.05, 3.63) is 71.0 Å². The monoisotopic (exact) mass is 457 g/mol. The second kappa shape index (κ2) is 9.85. The van der Waals surface area contributed by atoms with Crippen molar-refractivity contribution >= 4 is 46.4 Å². The average molecular weight is 458 g/mol. The third-order valence-electron chi connectivity index (χ3n) is 4.86. The Bertz CT molecular complexity index is 1030. The maximum atomic E-state index is 12.1. The van der Waals surface area contributed by atoms with Crippen molar-refractivity contribution in [3.63, 3.8) is 0 Å². The number of amides is 1. The van der Waals surface area contributed by atoms with E-state index in [0.29, 0.717) is 27.4 Å². The van der Waals surface area contributed by atoms with Crippen LogP contribution in [0, 0.1) is 0 Å². The molecule has 1 fully saturated rings. The fourth-order valence-electron chi connectivity index (χ4n) is 3.29. The number of aromatic nitrogens is 2. The number of carbonyl (C=O) groups excluding carboxylic acids is 1. The first-order valence-electron chi connectivity index (χ1n) is 9.83. The summed E-state index contributed by atoms with van der Waals surface area (Å²) in [6.45, 7) is 3.27. The molecular formula is C22H21Cl2N5O2. The number of halogens is 2. The van der Waals surface area contributed by atoms with E-state index in [4.69, 9.17) is 27.9 Å². The molecule has 0 radical (unpaired) electrons. The predicted molar refractivity (Wildman–Crippen MR) is 123 cm³/mol. The summed E-state index contributed by atoms with van der Waals surface area (Å²) < 4.78 is 5.43. The second-order valence-corrected chi connectivity index (χ2v) is 7.84. The number of nitrogens with one attached hydrogen (secondary N) is 1. The van der Waals surface area contributed by atoms with Crippen molar-refractivity contribution in [2.75, 3.05) is 47.9 Å². The van der Waals surface area contributed by atoms with E-state index in [-0.39, 0.29) is 12.5 Å². The Balaban J connectivity index is 1.27. The highest BCUT2D eigenvalue weighted by atomic mass is 35.5. The summed E-state index contributed by atoms with van der Waals surface area (Å²) in [6.07, 6.45) is 3.19. The number of ether oxygens (including phenoxy) is 1. The van der Waals surface area contributed by atoms with Crippen LogP contribution in [-0.2, 0) is 4.79 Å². The van der Waals surface area contributed by atoms with Crippen molar-refractivity contribution in [2.45, 2.75) is 0 Å². The summed E-state index contributed by atoms with van der Waals surface area (Å²) >= 11 is 11.9. The van der Waals surface area contributed by atoms with Gasteiger partial charge in [-0.3, -0.25) is 4.79 Å². The molecule has 1 aromatic heterocycles. The summed E-state index contributed by atoms with van der Waals surface area (Å²) in [5.74, 6) is 0.705. The van der Waals surface area contributed by atoms with Gasteiger partial charge in [-0.2, -0.15) is 0 Å². The minimum atomic E-state index is -0.334. The van der Waals surface area contributed by atoms with E-state index in [1.807, 2.05) is 18.2 Å². The molecule has 31 heavy (non-hydrogen) atoms. The standard InChI is InChI=1S/C22H21Cl2N5O2/c23-16-6-7-20(19(24)12-16)31-15-21(30)27-17-13-25-22(26-14-17)29-10-8-28(9-11-29)18-4-2-1-3-5-18/h1-7,12-14H,8-11,15H2,(H,27,30). The van der Waals surface area contributed by atoms with Gasteiger partial charge in [-0.25, -0.2) is 9.97 Å². The van der Waals surface area contributed by atoms with E-state index in [1.165, 1.54) is 5.69 Å². The first-order valence-corrected chi connectivity index (χ1v) is 10.6. The third-order valence-corrected chi connectivity index (χ3v) is 5.39. The molecule has 1 aliphatic rings. The normalized spacial score (nSPS) is 13.7. The molecule has 2 aromatic carbocycles. The van der Waals surface area contributed by atoms with E-state index < -0.39 is 0 Å². The molecule has 0 spiro atoms. The van der Waals surface area contributed by atoms with Crippen LogP contribution in [0.2, 0.25) is 10.0 Å². The van der Waals surface area contributed by atoms with Crippen LogP contribution in [0.4, 0.5) is 17.3 Å². The molecule has 0 bridgehead atoms. The molecular weight excluding hydrogens is 437 g/mol. The van der Waals surface area contributed by atoms with Crippen molar-refractivity contribution in [1.29, 1.82) is 0 Å². The highest BCUT2D eigenvalue weighted by Crippen LogP contribution is 2.27. The minimum absolute atomic E-state index is 0.190. The van der Waals surface area contributed by atoms with Gasteiger partial charge in [0.25, 0.3) is 5.91 Å².